The predicted octanol–water partition coefficient (Wildman–Crippen LogP) is 4.10. The van der Waals surface area contributed by atoms with Crippen molar-refractivity contribution in [3.63, 3.8) is 0 Å². The normalized spacial score (nSPS) is 26.5. The Hall–Kier alpha value is -3.10. The van der Waals surface area contributed by atoms with E-state index in [1.54, 1.807) is 0 Å². The molecule has 3 atom stereocenters. The molecule has 1 N–H and O–H groups in total. The molecule has 2 aliphatic rings. The average Bonchev–Trinajstić information content (AvgIpc) is 2.68. The van der Waals surface area contributed by atoms with Crippen molar-refractivity contribution in [3.05, 3.63) is 41.5 Å². The van der Waals surface area contributed by atoms with E-state index in [1.165, 1.54) is 0 Å². The van der Waals surface area contributed by atoms with Crippen LogP contribution in [-0.2, 0) is 0 Å². The number of benzene rings is 1. The number of hydrogen-bond donors (Lipinski definition) is 1. The third-order valence-electron chi connectivity index (χ3n) is 5.48. The van der Waals surface area contributed by atoms with Crippen molar-refractivity contribution in [2.24, 2.45) is 17.3 Å². The number of fused-ring (bicyclic) bond motifs is 1. The Kier molecular flexibility index (Phi) is 4.79. The summed E-state index contributed by atoms with van der Waals surface area (Å²) in [6, 6.07) is 13.8. The maximum Gasteiger partial charge on any atom is 0.189 e. The van der Waals surface area contributed by atoms with Crippen LogP contribution in [-0.4, -0.2) is 12.3 Å². The third kappa shape index (κ3) is 2.47. The van der Waals surface area contributed by atoms with E-state index >= 15 is 0 Å². The lowest BCUT2D eigenvalue weighted by Gasteiger charge is -2.46. The summed E-state index contributed by atoms with van der Waals surface area (Å²) in [4.78, 5) is 0. The highest BCUT2D eigenvalue weighted by atomic mass is 16.5. The van der Waals surface area contributed by atoms with E-state index in [2.05, 4.69) is 18.2 Å². The highest BCUT2D eigenvalue weighted by Gasteiger charge is 2.57. The molecule has 5 heteroatoms. The van der Waals surface area contributed by atoms with Gasteiger partial charge in [-0.25, -0.2) is 0 Å². The number of nitrogens with zero attached hydrogens (tertiary/aromatic N) is 3. The van der Waals surface area contributed by atoms with Gasteiger partial charge in [0.15, 0.2) is 5.41 Å². The monoisotopic (exact) mass is 344 g/mol. The van der Waals surface area contributed by atoms with Crippen molar-refractivity contribution in [2.75, 3.05) is 6.61 Å². The van der Waals surface area contributed by atoms with Gasteiger partial charge in [0, 0.05) is 11.5 Å². The van der Waals surface area contributed by atoms with Crippen LogP contribution in [0.4, 0.5) is 0 Å². The van der Waals surface area contributed by atoms with Gasteiger partial charge in [0.05, 0.1) is 30.5 Å². The maximum absolute atomic E-state index is 9.99. The summed E-state index contributed by atoms with van der Waals surface area (Å²) in [5.74, 6) is -0.773. The molecule has 0 saturated heterocycles. The molecule has 2 aliphatic carbocycles. The van der Waals surface area contributed by atoms with Crippen molar-refractivity contribution >= 4 is 5.71 Å². The summed E-state index contributed by atoms with van der Waals surface area (Å²) in [5, 5.41) is 38.2. The molecule has 0 radical (unpaired) electrons. The van der Waals surface area contributed by atoms with Gasteiger partial charge in [-0.3, -0.25) is 0 Å². The van der Waals surface area contributed by atoms with Crippen LogP contribution in [0.25, 0.3) is 0 Å². The Bertz CT molecular complexity index is 866. The molecule has 1 aromatic carbocycles. The van der Waals surface area contributed by atoms with Crippen LogP contribution in [0.5, 0.6) is 5.75 Å². The van der Waals surface area contributed by atoms with Gasteiger partial charge in [0.1, 0.15) is 11.7 Å². The van der Waals surface area contributed by atoms with Crippen molar-refractivity contribution in [1.29, 1.82) is 21.2 Å². The van der Waals surface area contributed by atoms with Gasteiger partial charge in [-0.2, -0.15) is 15.8 Å². The quantitative estimate of drug-likeness (QED) is 0.833. The predicted molar refractivity (Wildman–Crippen MR) is 96.3 cm³/mol. The first-order valence-corrected chi connectivity index (χ1v) is 8.87. The zero-order valence-corrected chi connectivity index (χ0v) is 14.7. The Morgan fingerprint density at radius 3 is 2.62 bits per heavy atom. The van der Waals surface area contributed by atoms with Gasteiger partial charge in [-0.15, -0.1) is 0 Å². The van der Waals surface area contributed by atoms with Crippen LogP contribution >= 0.6 is 0 Å². The van der Waals surface area contributed by atoms with Gasteiger partial charge in [-0.1, -0.05) is 24.3 Å². The highest BCUT2D eigenvalue weighted by molar-refractivity contribution is 6.00. The van der Waals surface area contributed by atoms with E-state index in [0.29, 0.717) is 12.4 Å². The number of para-hydroxylation sites is 1. The van der Waals surface area contributed by atoms with E-state index in [1.807, 2.05) is 37.3 Å². The SMILES string of the molecule is CCOc1ccccc1[C@@H]1[C@H]2CCCC=C2[C@H](C#N)C(=N)C1(C#N)C#N. The molecule has 1 aromatic rings. The molecule has 1 fully saturated rings. The van der Waals surface area contributed by atoms with Crippen molar-refractivity contribution in [3.8, 4) is 24.0 Å². The molecule has 3 rings (SSSR count). The Morgan fingerprint density at radius 2 is 1.96 bits per heavy atom. The van der Waals surface area contributed by atoms with E-state index in [0.717, 1.165) is 30.4 Å². The Labute approximate surface area is 153 Å². The molecule has 0 spiro atoms. The lowest BCUT2D eigenvalue weighted by molar-refractivity contribution is 0.294. The van der Waals surface area contributed by atoms with Crippen LogP contribution in [0.1, 0.15) is 37.7 Å². The summed E-state index contributed by atoms with van der Waals surface area (Å²) in [5.41, 5.74) is -0.101. The summed E-state index contributed by atoms with van der Waals surface area (Å²) < 4.78 is 5.77. The molecule has 0 amide bonds. The van der Waals surface area contributed by atoms with Crippen LogP contribution < -0.4 is 4.74 Å². The van der Waals surface area contributed by atoms with E-state index in [4.69, 9.17) is 10.1 Å². The van der Waals surface area contributed by atoms with Crippen LogP contribution in [0.3, 0.4) is 0 Å². The van der Waals surface area contributed by atoms with Gasteiger partial charge in [-0.05, 0) is 43.7 Å². The first kappa shape index (κ1) is 17.7. The first-order chi connectivity index (χ1) is 12.6. The van der Waals surface area contributed by atoms with E-state index in [-0.39, 0.29) is 11.6 Å². The molecule has 0 heterocycles. The van der Waals surface area contributed by atoms with Crippen molar-refractivity contribution in [2.45, 2.75) is 32.1 Å². The van der Waals surface area contributed by atoms with Gasteiger partial charge in [0.2, 0.25) is 0 Å². The molecule has 130 valence electrons. The van der Waals surface area contributed by atoms with Gasteiger partial charge in [0.25, 0.3) is 0 Å². The zero-order chi connectivity index (χ0) is 18.7. The number of hydrogen-bond acceptors (Lipinski definition) is 5. The minimum atomic E-state index is -1.66. The molecular weight excluding hydrogens is 324 g/mol. The average molecular weight is 344 g/mol. The van der Waals surface area contributed by atoms with E-state index in [9.17, 15) is 15.8 Å². The fraction of sp³-hybridized carbons (Fsp3) is 0.429. The summed E-state index contributed by atoms with van der Waals surface area (Å²) in [6.45, 7) is 2.36. The Balaban J connectivity index is 2.27. The molecule has 0 unspecified atom stereocenters. The van der Waals surface area contributed by atoms with Crippen LogP contribution in [0.2, 0.25) is 0 Å². The van der Waals surface area contributed by atoms with Gasteiger partial charge < -0.3 is 10.1 Å². The summed E-state index contributed by atoms with van der Waals surface area (Å²) in [6.07, 6.45) is 4.64. The maximum atomic E-state index is 9.99. The second-order valence-corrected chi connectivity index (χ2v) is 6.70. The molecule has 0 bridgehead atoms. The molecular formula is C21H20N4O. The first-order valence-electron chi connectivity index (χ1n) is 8.87. The molecule has 1 saturated carbocycles. The fourth-order valence-electron chi connectivity index (χ4n) is 4.38. The fourth-order valence-corrected chi connectivity index (χ4v) is 4.38. The number of nitrogens with one attached hydrogen (secondary N) is 1. The van der Waals surface area contributed by atoms with E-state index < -0.39 is 17.3 Å². The molecule has 0 aliphatic heterocycles. The second-order valence-electron chi connectivity index (χ2n) is 6.70. The Morgan fingerprint density at radius 1 is 1.23 bits per heavy atom. The molecule has 5 nitrogen and oxygen atoms in total. The number of nitriles is 3. The standard InChI is InChI=1S/C21H20N4O/c1-2-26-18-10-6-5-9-16(18)19-15-8-4-3-7-14(15)17(11-22)20(25)21(19,12-23)13-24/h5-7,9-10,15,17,19,25H,2-4,8H2,1H3/t15-,17-,19-/m0/s1. The lowest BCUT2D eigenvalue weighted by atomic mass is 9.53. The topological polar surface area (TPSA) is 104 Å². The smallest absolute Gasteiger partial charge is 0.189 e. The molecule has 26 heavy (non-hydrogen) atoms. The molecule has 0 aromatic heterocycles. The largest absolute Gasteiger partial charge is 0.494 e. The van der Waals surface area contributed by atoms with Crippen LogP contribution in [0.15, 0.2) is 35.9 Å². The van der Waals surface area contributed by atoms with Gasteiger partial charge >= 0.3 is 0 Å². The van der Waals surface area contributed by atoms with Crippen molar-refractivity contribution < 1.29 is 4.74 Å². The van der Waals surface area contributed by atoms with Crippen LogP contribution in [0, 0.1) is 56.7 Å². The highest BCUT2D eigenvalue weighted by Crippen LogP contribution is 2.56. The third-order valence-corrected chi connectivity index (χ3v) is 5.48. The number of allylic oxidation sites excluding steroid dienone is 2. The van der Waals surface area contributed by atoms with Crippen molar-refractivity contribution in [1.82, 2.24) is 0 Å². The summed E-state index contributed by atoms with van der Waals surface area (Å²) >= 11 is 0. The minimum Gasteiger partial charge on any atom is -0.494 e. The summed E-state index contributed by atoms with van der Waals surface area (Å²) in [7, 11) is 0. The minimum absolute atomic E-state index is 0.106. The zero-order valence-electron chi connectivity index (χ0n) is 14.7. The number of rotatable bonds is 3. The lowest BCUT2D eigenvalue weighted by Crippen LogP contribution is -2.48. The number of ether oxygens (including phenoxy) is 1. The second kappa shape index (κ2) is 7.03.